The van der Waals surface area contributed by atoms with E-state index >= 15 is 0 Å². The van der Waals surface area contributed by atoms with Crippen LogP contribution in [-0.2, 0) is 4.74 Å². The van der Waals surface area contributed by atoms with E-state index in [0.717, 1.165) is 18.4 Å². The summed E-state index contributed by atoms with van der Waals surface area (Å²) in [4.78, 5) is 4.53. The number of aliphatic hydroxyl groups excluding tert-OH is 1. The summed E-state index contributed by atoms with van der Waals surface area (Å²) in [5.74, 6) is 0. The summed E-state index contributed by atoms with van der Waals surface area (Å²) in [5, 5.41) is 19.0. The fourth-order valence-electron chi connectivity index (χ4n) is 2.43. The minimum atomic E-state index is -0.370. The first-order valence-corrected chi connectivity index (χ1v) is 6.91. The van der Waals surface area contributed by atoms with Crippen molar-refractivity contribution in [3.05, 3.63) is 35.9 Å². The molecular weight excluding hydrogens is 252 g/mol. The lowest BCUT2D eigenvalue weighted by Crippen LogP contribution is -2.34. The molecule has 0 saturated carbocycles. The molecular formula is C16H20N2O2. The number of hydrogen-bond acceptors (Lipinski definition) is 4. The van der Waals surface area contributed by atoms with Crippen LogP contribution in [0.5, 0.6) is 0 Å². The third-order valence-electron chi connectivity index (χ3n) is 3.92. The van der Waals surface area contributed by atoms with Gasteiger partial charge in [0.15, 0.2) is 0 Å². The Hall–Kier alpha value is -1.70. The number of ether oxygens (including phenoxy) is 1. The van der Waals surface area contributed by atoms with Gasteiger partial charge >= 0.3 is 0 Å². The second-order valence-electron chi connectivity index (χ2n) is 5.37. The van der Waals surface area contributed by atoms with Gasteiger partial charge in [-0.25, -0.2) is 0 Å². The van der Waals surface area contributed by atoms with Gasteiger partial charge in [-0.05, 0) is 18.4 Å². The quantitative estimate of drug-likeness (QED) is 0.856. The maximum absolute atomic E-state index is 9.57. The van der Waals surface area contributed by atoms with E-state index in [-0.39, 0.29) is 18.1 Å². The summed E-state index contributed by atoms with van der Waals surface area (Å²) in [6, 6.07) is 11.5. The number of hydrogen-bond donors (Lipinski definition) is 1. The Balaban J connectivity index is 2.27. The lowest BCUT2D eigenvalue weighted by Gasteiger charge is -2.32. The minimum absolute atomic E-state index is 0.0955. The molecule has 1 unspecified atom stereocenters. The van der Waals surface area contributed by atoms with E-state index in [2.05, 4.69) is 18.0 Å². The monoisotopic (exact) mass is 272 g/mol. The van der Waals surface area contributed by atoms with Gasteiger partial charge in [0.1, 0.15) is 11.8 Å². The van der Waals surface area contributed by atoms with E-state index in [1.807, 2.05) is 30.3 Å². The molecule has 1 saturated heterocycles. The number of aliphatic imine (C=N–C) groups is 1. The summed E-state index contributed by atoms with van der Waals surface area (Å²) < 4.78 is 5.36. The Morgan fingerprint density at radius 1 is 1.40 bits per heavy atom. The predicted molar refractivity (Wildman–Crippen MR) is 77.5 cm³/mol. The van der Waals surface area contributed by atoms with Crippen LogP contribution in [0.2, 0.25) is 0 Å². The van der Waals surface area contributed by atoms with Crippen LogP contribution in [-0.4, -0.2) is 30.6 Å². The molecule has 0 aromatic heterocycles. The molecule has 0 aliphatic carbocycles. The van der Waals surface area contributed by atoms with Crippen LogP contribution in [0.3, 0.4) is 0 Å². The molecule has 1 fully saturated rings. The average molecular weight is 272 g/mol. The van der Waals surface area contributed by atoms with E-state index < -0.39 is 0 Å². The van der Waals surface area contributed by atoms with Crippen molar-refractivity contribution in [1.82, 2.24) is 0 Å². The molecule has 2 rings (SSSR count). The fraction of sp³-hybridized carbons (Fsp3) is 0.500. The molecule has 1 N–H and O–H groups in total. The lowest BCUT2D eigenvalue weighted by molar-refractivity contribution is 0.0526. The van der Waals surface area contributed by atoms with Crippen LogP contribution in [0.25, 0.3) is 0 Å². The van der Waals surface area contributed by atoms with Crippen molar-refractivity contribution in [1.29, 1.82) is 5.26 Å². The van der Waals surface area contributed by atoms with Gasteiger partial charge in [-0.3, -0.25) is 4.99 Å². The molecule has 0 spiro atoms. The number of nitriles is 1. The lowest BCUT2D eigenvalue weighted by atomic mass is 9.78. The topological polar surface area (TPSA) is 65.6 Å². The van der Waals surface area contributed by atoms with Crippen LogP contribution in [0.4, 0.5) is 0 Å². The zero-order valence-electron chi connectivity index (χ0n) is 11.7. The summed E-state index contributed by atoms with van der Waals surface area (Å²) >= 11 is 0. The normalized spacial score (nSPS) is 20.1. The highest BCUT2D eigenvalue weighted by atomic mass is 16.5. The molecule has 1 aliphatic heterocycles. The molecule has 1 aromatic carbocycles. The highest BCUT2D eigenvalue weighted by Gasteiger charge is 2.33. The third kappa shape index (κ3) is 3.24. The van der Waals surface area contributed by atoms with Crippen LogP contribution in [0.15, 0.2) is 35.3 Å². The van der Waals surface area contributed by atoms with E-state index in [0.29, 0.717) is 18.9 Å². The Morgan fingerprint density at radius 3 is 2.60 bits per heavy atom. The molecule has 1 aromatic rings. The zero-order valence-corrected chi connectivity index (χ0v) is 11.7. The molecule has 4 heteroatoms. The van der Waals surface area contributed by atoms with Crippen molar-refractivity contribution in [2.75, 3.05) is 19.8 Å². The standard InChI is InChI=1S/C16H20N2O2/c1-16(7-9-20-10-8-16)15(11-17)18-14(12-19)13-5-3-2-4-6-13/h2-6,14,19H,7-10,12H2,1H3. The summed E-state index contributed by atoms with van der Waals surface area (Å²) in [7, 11) is 0. The molecule has 0 amide bonds. The first-order valence-electron chi connectivity index (χ1n) is 6.91. The van der Waals surface area contributed by atoms with Gasteiger partial charge in [0.2, 0.25) is 0 Å². The second kappa shape index (κ2) is 6.65. The van der Waals surface area contributed by atoms with Gasteiger partial charge in [-0.15, -0.1) is 0 Å². The third-order valence-corrected chi connectivity index (χ3v) is 3.92. The van der Waals surface area contributed by atoms with Crippen molar-refractivity contribution < 1.29 is 9.84 Å². The molecule has 0 bridgehead atoms. The van der Waals surface area contributed by atoms with Crippen LogP contribution < -0.4 is 0 Å². The zero-order chi connectivity index (χ0) is 14.4. The van der Waals surface area contributed by atoms with E-state index in [1.54, 1.807) is 0 Å². The van der Waals surface area contributed by atoms with E-state index in [9.17, 15) is 10.4 Å². The Kier molecular flexibility index (Phi) is 4.89. The van der Waals surface area contributed by atoms with Gasteiger partial charge < -0.3 is 9.84 Å². The van der Waals surface area contributed by atoms with E-state index in [1.165, 1.54) is 0 Å². The number of rotatable bonds is 4. The largest absolute Gasteiger partial charge is 0.394 e. The second-order valence-corrected chi connectivity index (χ2v) is 5.37. The van der Waals surface area contributed by atoms with Crippen LogP contribution in [0, 0.1) is 16.7 Å². The van der Waals surface area contributed by atoms with Crippen molar-refractivity contribution in [3.8, 4) is 6.07 Å². The van der Waals surface area contributed by atoms with Gasteiger partial charge in [-0.2, -0.15) is 5.26 Å². The fourth-order valence-corrected chi connectivity index (χ4v) is 2.43. The molecule has 1 atom stereocenters. The average Bonchev–Trinajstić information content (AvgIpc) is 2.50. The maximum atomic E-state index is 9.57. The summed E-state index contributed by atoms with van der Waals surface area (Å²) in [6.07, 6.45) is 1.60. The van der Waals surface area contributed by atoms with Gasteiger partial charge in [0, 0.05) is 18.6 Å². The number of aliphatic hydroxyl groups is 1. The minimum Gasteiger partial charge on any atom is -0.394 e. The van der Waals surface area contributed by atoms with Crippen molar-refractivity contribution >= 4 is 5.71 Å². The van der Waals surface area contributed by atoms with Gasteiger partial charge in [-0.1, -0.05) is 37.3 Å². The Bertz CT molecular complexity index is 499. The molecule has 1 aliphatic rings. The molecule has 20 heavy (non-hydrogen) atoms. The highest BCUT2D eigenvalue weighted by molar-refractivity contribution is 6.03. The van der Waals surface area contributed by atoms with Crippen LogP contribution >= 0.6 is 0 Å². The van der Waals surface area contributed by atoms with Crippen LogP contribution in [0.1, 0.15) is 31.4 Å². The van der Waals surface area contributed by atoms with Gasteiger partial charge in [0.05, 0.1) is 12.6 Å². The molecule has 0 radical (unpaired) electrons. The molecule has 1 heterocycles. The SMILES string of the molecule is CC1(C(C#N)=NC(CO)c2ccccc2)CCOCC1. The molecule has 106 valence electrons. The smallest absolute Gasteiger partial charge is 0.119 e. The summed E-state index contributed by atoms with van der Waals surface area (Å²) in [6.45, 7) is 3.28. The molecule has 4 nitrogen and oxygen atoms in total. The Labute approximate surface area is 119 Å². The number of benzene rings is 1. The Morgan fingerprint density at radius 2 is 2.05 bits per heavy atom. The predicted octanol–water partition coefficient (Wildman–Crippen LogP) is 2.50. The van der Waals surface area contributed by atoms with Crippen molar-refractivity contribution in [3.63, 3.8) is 0 Å². The number of nitrogens with zero attached hydrogens (tertiary/aromatic N) is 2. The van der Waals surface area contributed by atoms with Crippen molar-refractivity contribution in [2.45, 2.75) is 25.8 Å². The van der Waals surface area contributed by atoms with Gasteiger partial charge in [0.25, 0.3) is 0 Å². The summed E-state index contributed by atoms with van der Waals surface area (Å²) in [5.41, 5.74) is 1.21. The van der Waals surface area contributed by atoms with E-state index in [4.69, 9.17) is 4.74 Å². The van der Waals surface area contributed by atoms with Crippen molar-refractivity contribution in [2.24, 2.45) is 10.4 Å². The first-order chi connectivity index (χ1) is 9.69. The highest BCUT2D eigenvalue weighted by Crippen LogP contribution is 2.33. The maximum Gasteiger partial charge on any atom is 0.119 e. The first kappa shape index (κ1) is 14.7.